The molecule has 4 rings (SSSR count). The summed E-state index contributed by atoms with van der Waals surface area (Å²) in [6.07, 6.45) is 11.3. The van der Waals surface area contributed by atoms with Gasteiger partial charge in [0.15, 0.2) is 0 Å². The predicted octanol–water partition coefficient (Wildman–Crippen LogP) is 14.5. The molecule has 0 spiro atoms. The van der Waals surface area contributed by atoms with Crippen molar-refractivity contribution in [1.29, 1.82) is 0 Å². The number of benzene rings is 1. The zero-order chi connectivity index (χ0) is 34.1. The zero-order valence-corrected chi connectivity index (χ0v) is 32.9. The van der Waals surface area contributed by atoms with Crippen molar-refractivity contribution >= 4 is 11.3 Å². The number of rotatable bonds is 4. The predicted molar refractivity (Wildman–Crippen MR) is 203 cm³/mol. The molecule has 1 nitrogen and oxygen atoms in total. The standard InChI is InChI=1S/C10H14.C9H18.C8H12S.C8H18.C7H11N/c1-8(2)10-6-4-5-9(3)7-10;1-9(2,3)8-6-4-5-7-8;1-8(2,3)7-5-4-6-9-7;1-6-8(4,5)7(2)3;1-7(2)8-5-3-4-6-8/h4-8H,1-3H3;8H,4-7H2,1-3H3;4-6H,1-3H3;7H,6H2,1-5H3;3-7H,1-2H3. The molecule has 0 saturated heterocycles. The van der Waals surface area contributed by atoms with Crippen LogP contribution in [-0.4, -0.2) is 4.57 Å². The van der Waals surface area contributed by atoms with Crippen LogP contribution in [-0.2, 0) is 5.41 Å². The summed E-state index contributed by atoms with van der Waals surface area (Å²) in [6.45, 7) is 36.1. The highest BCUT2D eigenvalue weighted by Gasteiger charge is 2.26. The van der Waals surface area contributed by atoms with Gasteiger partial charge in [0.2, 0.25) is 0 Å². The van der Waals surface area contributed by atoms with Gasteiger partial charge < -0.3 is 4.57 Å². The van der Waals surface area contributed by atoms with Gasteiger partial charge in [-0.3, -0.25) is 0 Å². The van der Waals surface area contributed by atoms with Crippen LogP contribution in [0.1, 0.15) is 164 Å². The van der Waals surface area contributed by atoms with Gasteiger partial charge in [0.1, 0.15) is 0 Å². The summed E-state index contributed by atoms with van der Waals surface area (Å²) in [6, 6.07) is 17.6. The van der Waals surface area contributed by atoms with Crippen LogP contribution in [0.25, 0.3) is 0 Å². The van der Waals surface area contributed by atoms with E-state index in [1.165, 1.54) is 48.1 Å². The smallest absolute Gasteiger partial charge is 0.0274 e. The van der Waals surface area contributed by atoms with Gasteiger partial charge in [0, 0.05) is 23.3 Å². The van der Waals surface area contributed by atoms with E-state index in [4.69, 9.17) is 0 Å². The fourth-order valence-electron chi connectivity index (χ4n) is 4.63. The third-order valence-corrected chi connectivity index (χ3v) is 10.5. The van der Waals surface area contributed by atoms with E-state index in [1.807, 2.05) is 23.5 Å². The van der Waals surface area contributed by atoms with Crippen molar-refractivity contribution < 1.29 is 0 Å². The Morgan fingerprint density at radius 1 is 0.773 bits per heavy atom. The van der Waals surface area contributed by atoms with Crippen molar-refractivity contribution in [1.82, 2.24) is 4.57 Å². The molecule has 1 fully saturated rings. The molecule has 0 atom stereocenters. The highest BCUT2D eigenvalue weighted by molar-refractivity contribution is 7.10. The molecule has 3 aromatic rings. The first-order valence-corrected chi connectivity index (χ1v) is 18.3. The maximum absolute atomic E-state index is 2.36. The summed E-state index contributed by atoms with van der Waals surface area (Å²) in [5.74, 6) is 2.48. The van der Waals surface area contributed by atoms with Crippen LogP contribution in [0.2, 0.25) is 0 Å². The molecule has 0 N–H and O–H groups in total. The van der Waals surface area contributed by atoms with Crippen molar-refractivity contribution in [3.05, 3.63) is 82.3 Å². The number of thiophene rings is 1. The molecule has 0 radical (unpaired) electrons. The fraction of sp³-hybridized carbons (Fsp3) is 0.667. The van der Waals surface area contributed by atoms with Crippen molar-refractivity contribution in [2.75, 3.05) is 0 Å². The average molecular weight is 624 g/mol. The van der Waals surface area contributed by atoms with Gasteiger partial charge in [-0.25, -0.2) is 0 Å². The van der Waals surface area contributed by atoms with Crippen molar-refractivity contribution in [3.8, 4) is 0 Å². The molecule has 0 amide bonds. The molecule has 1 aliphatic carbocycles. The third-order valence-electron chi connectivity index (χ3n) is 9.25. The van der Waals surface area contributed by atoms with Crippen LogP contribution in [0.5, 0.6) is 0 Å². The van der Waals surface area contributed by atoms with Crippen molar-refractivity contribution in [2.45, 2.75) is 160 Å². The molecule has 0 aliphatic heterocycles. The van der Waals surface area contributed by atoms with E-state index in [9.17, 15) is 0 Å². The highest BCUT2D eigenvalue weighted by atomic mass is 32.1. The Hall–Kier alpha value is -1.80. The van der Waals surface area contributed by atoms with Gasteiger partial charge in [0.05, 0.1) is 0 Å². The summed E-state index contributed by atoms with van der Waals surface area (Å²) < 4.78 is 2.17. The van der Waals surface area contributed by atoms with Crippen LogP contribution >= 0.6 is 11.3 Å². The number of aromatic nitrogens is 1. The summed E-state index contributed by atoms with van der Waals surface area (Å²) in [5.41, 5.74) is 4.25. The van der Waals surface area contributed by atoms with Gasteiger partial charge in [0.25, 0.3) is 0 Å². The van der Waals surface area contributed by atoms with Crippen LogP contribution in [0.4, 0.5) is 0 Å². The van der Waals surface area contributed by atoms with E-state index >= 15 is 0 Å². The number of hydrogen-bond donors (Lipinski definition) is 0. The largest absolute Gasteiger partial charge is 0.352 e. The minimum absolute atomic E-state index is 0.341. The van der Waals surface area contributed by atoms with E-state index in [2.05, 4.69) is 170 Å². The summed E-state index contributed by atoms with van der Waals surface area (Å²) in [4.78, 5) is 1.46. The Morgan fingerprint density at radius 2 is 1.32 bits per heavy atom. The zero-order valence-electron chi connectivity index (χ0n) is 32.1. The maximum atomic E-state index is 2.36. The van der Waals surface area contributed by atoms with Crippen molar-refractivity contribution in [2.24, 2.45) is 22.7 Å². The van der Waals surface area contributed by atoms with Gasteiger partial charge >= 0.3 is 0 Å². The maximum Gasteiger partial charge on any atom is 0.0274 e. The van der Waals surface area contributed by atoms with Crippen LogP contribution in [0.3, 0.4) is 0 Å². The molecule has 2 aromatic heterocycles. The van der Waals surface area contributed by atoms with E-state index in [0.717, 1.165) is 11.8 Å². The summed E-state index contributed by atoms with van der Waals surface area (Å²) in [5, 5.41) is 2.13. The van der Waals surface area contributed by atoms with E-state index in [-0.39, 0.29) is 0 Å². The van der Waals surface area contributed by atoms with Crippen molar-refractivity contribution in [3.63, 3.8) is 0 Å². The minimum atomic E-state index is 0.341. The Kier molecular flexibility index (Phi) is 19.5. The van der Waals surface area contributed by atoms with Crippen LogP contribution in [0, 0.1) is 29.6 Å². The lowest BCUT2D eigenvalue weighted by Gasteiger charge is -2.27. The molecule has 1 aliphatic rings. The summed E-state index contributed by atoms with van der Waals surface area (Å²) >= 11 is 1.83. The SMILES string of the molecule is CC(C)(C)C1CCCC1.CC(C)(C)c1cccs1.CC(C)n1cccc1.CCC(C)(C)C(C)C.Cc1cccc(C(C)C)c1. The molecule has 0 bridgehead atoms. The lowest BCUT2D eigenvalue weighted by Crippen LogP contribution is -2.17. The first-order valence-electron chi connectivity index (χ1n) is 17.4. The highest BCUT2D eigenvalue weighted by Crippen LogP contribution is 2.38. The monoisotopic (exact) mass is 624 g/mol. The molecule has 252 valence electrons. The van der Waals surface area contributed by atoms with Crippen LogP contribution in [0.15, 0.2) is 66.3 Å². The van der Waals surface area contributed by atoms with Crippen LogP contribution < -0.4 is 0 Å². The molecular weight excluding hydrogens is 551 g/mol. The average Bonchev–Trinajstić information content (AvgIpc) is 3.72. The normalized spacial score (nSPS) is 13.7. The molecule has 0 unspecified atom stereocenters. The Balaban J connectivity index is 0.000000527. The van der Waals surface area contributed by atoms with Gasteiger partial charge in [-0.2, -0.15) is 0 Å². The van der Waals surface area contributed by atoms with Gasteiger partial charge in [-0.05, 0) is 96.8 Å². The number of hydrogen-bond acceptors (Lipinski definition) is 1. The Morgan fingerprint density at radius 3 is 1.55 bits per heavy atom. The second-order valence-electron chi connectivity index (χ2n) is 16.4. The Labute approximate surface area is 280 Å². The summed E-state index contributed by atoms with van der Waals surface area (Å²) in [7, 11) is 0. The topological polar surface area (TPSA) is 4.93 Å². The number of nitrogens with zero attached hydrogens (tertiary/aromatic N) is 1. The van der Waals surface area contributed by atoms with E-state index in [0.29, 0.717) is 28.2 Å². The third kappa shape index (κ3) is 18.2. The first-order chi connectivity index (χ1) is 20.2. The molecular formula is C42H73NS. The minimum Gasteiger partial charge on any atom is -0.352 e. The first kappa shape index (κ1) is 42.2. The molecule has 2 heteroatoms. The molecule has 2 heterocycles. The molecule has 1 aromatic carbocycles. The quantitative estimate of drug-likeness (QED) is 0.272. The van der Waals surface area contributed by atoms with E-state index < -0.39 is 0 Å². The van der Waals surface area contributed by atoms with Gasteiger partial charge in [-0.1, -0.05) is 145 Å². The second kappa shape index (κ2) is 20.3. The van der Waals surface area contributed by atoms with Gasteiger partial charge in [-0.15, -0.1) is 11.3 Å². The molecule has 1 saturated carbocycles. The van der Waals surface area contributed by atoms with E-state index in [1.54, 1.807) is 0 Å². The lowest BCUT2D eigenvalue weighted by molar-refractivity contribution is 0.240. The Bertz CT molecular complexity index is 1060. The second-order valence-corrected chi connectivity index (χ2v) is 17.3. The molecule has 44 heavy (non-hydrogen) atoms. The lowest BCUT2D eigenvalue weighted by atomic mass is 9.79. The number of aryl methyl sites for hydroxylation is 1. The fourth-order valence-corrected chi connectivity index (χ4v) is 5.44.